The summed E-state index contributed by atoms with van der Waals surface area (Å²) in [7, 11) is 0. The van der Waals surface area contributed by atoms with Gasteiger partial charge in [-0.15, -0.1) is 11.3 Å². The Morgan fingerprint density at radius 2 is 1.57 bits per heavy atom. The van der Waals surface area contributed by atoms with Crippen molar-refractivity contribution in [3.8, 4) is 0 Å². The maximum absolute atomic E-state index is 13.1. The number of ketones is 1. The zero-order chi connectivity index (χ0) is 24.4. The molecule has 0 amide bonds. The van der Waals surface area contributed by atoms with Crippen LogP contribution >= 0.6 is 34.5 Å². The Morgan fingerprint density at radius 1 is 0.943 bits per heavy atom. The van der Waals surface area contributed by atoms with Gasteiger partial charge in [0.05, 0.1) is 18.0 Å². The third kappa shape index (κ3) is 5.26. The maximum Gasteiger partial charge on any atom is 0.509 e. The smallest absolute Gasteiger partial charge is 0.425 e. The van der Waals surface area contributed by atoms with E-state index in [1.54, 1.807) is 12.1 Å². The number of hydrogen-bond donors (Lipinski definition) is 0. The molecule has 0 saturated carbocycles. The molecule has 0 spiro atoms. The van der Waals surface area contributed by atoms with Crippen molar-refractivity contribution >= 4 is 46.5 Å². The standard InChI is InChI=1S/C27H26Cl2NO4S/c28-21-8-3-1-6-19(21)26(20-7-2-4-9-22(20)29)34-27(32)33-24-17-30(13-11-18(24)12-14-30)16-23(31)25-10-5-15-35-25/h1-10,15,18,24,26H,11-14,16-17H2/q+1/t18?,24-,30?/m0/s1. The van der Waals surface area contributed by atoms with Crippen LogP contribution in [-0.4, -0.2) is 48.7 Å². The van der Waals surface area contributed by atoms with Gasteiger partial charge in [-0.2, -0.15) is 0 Å². The minimum absolute atomic E-state index is 0.152. The summed E-state index contributed by atoms with van der Waals surface area (Å²) < 4.78 is 12.4. The van der Waals surface area contributed by atoms with Crippen LogP contribution in [-0.2, 0) is 9.47 Å². The molecular weight excluding hydrogens is 505 g/mol. The molecule has 1 aromatic heterocycles. The first-order valence-electron chi connectivity index (χ1n) is 11.7. The normalized spacial score (nSPS) is 23.3. The Morgan fingerprint density at radius 3 is 2.14 bits per heavy atom. The highest BCUT2D eigenvalue weighted by Crippen LogP contribution is 2.38. The molecule has 182 valence electrons. The number of Topliss-reactive ketones (excluding diaryl/α,β-unsaturated/α-hetero) is 1. The number of piperidine rings is 3. The van der Waals surface area contributed by atoms with Crippen molar-refractivity contribution in [1.82, 2.24) is 0 Å². The van der Waals surface area contributed by atoms with Gasteiger partial charge in [0, 0.05) is 39.9 Å². The Labute approximate surface area is 218 Å². The molecule has 3 saturated heterocycles. The predicted octanol–water partition coefficient (Wildman–Crippen LogP) is 6.79. The number of carbonyl (C=O) groups excluding carboxylic acids is 2. The van der Waals surface area contributed by atoms with Crippen LogP contribution in [0.15, 0.2) is 66.0 Å². The summed E-state index contributed by atoms with van der Waals surface area (Å²) in [6, 6.07) is 18.2. The van der Waals surface area contributed by atoms with Crippen LogP contribution in [0, 0.1) is 5.92 Å². The molecule has 6 rings (SSSR count). The van der Waals surface area contributed by atoms with Crippen molar-refractivity contribution in [2.24, 2.45) is 5.92 Å². The van der Waals surface area contributed by atoms with Gasteiger partial charge in [0.25, 0.3) is 0 Å². The first kappa shape index (κ1) is 24.3. The lowest BCUT2D eigenvalue weighted by molar-refractivity contribution is -0.938. The van der Waals surface area contributed by atoms with E-state index in [9.17, 15) is 9.59 Å². The molecule has 3 aliphatic rings. The maximum atomic E-state index is 13.1. The summed E-state index contributed by atoms with van der Waals surface area (Å²) in [5.41, 5.74) is 1.27. The lowest BCUT2D eigenvalue weighted by Gasteiger charge is -2.51. The van der Waals surface area contributed by atoms with Gasteiger partial charge < -0.3 is 14.0 Å². The van der Waals surface area contributed by atoms with Gasteiger partial charge in [0.1, 0.15) is 13.1 Å². The number of rotatable bonds is 7. The third-order valence-corrected chi connectivity index (χ3v) is 8.75. The van der Waals surface area contributed by atoms with E-state index in [1.807, 2.05) is 53.9 Å². The molecule has 3 fully saturated rings. The number of benzene rings is 2. The summed E-state index contributed by atoms with van der Waals surface area (Å²) in [5.74, 6) is 0.428. The number of carbonyl (C=O) groups is 2. The molecule has 35 heavy (non-hydrogen) atoms. The molecule has 0 N–H and O–H groups in total. The molecule has 2 bridgehead atoms. The fourth-order valence-electron chi connectivity index (χ4n) is 5.31. The zero-order valence-corrected chi connectivity index (χ0v) is 21.4. The number of fused-ring (bicyclic) bond motifs is 3. The van der Waals surface area contributed by atoms with Crippen molar-refractivity contribution in [2.45, 2.75) is 25.0 Å². The van der Waals surface area contributed by atoms with Crippen LogP contribution in [0.3, 0.4) is 0 Å². The van der Waals surface area contributed by atoms with Gasteiger partial charge in [-0.1, -0.05) is 65.7 Å². The van der Waals surface area contributed by atoms with Crippen LogP contribution in [0.2, 0.25) is 10.0 Å². The number of nitrogens with zero attached hydrogens (tertiary/aromatic N) is 1. The van der Waals surface area contributed by atoms with E-state index in [4.69, 9.17) is 32.7 Å². The van der Waals surface area contributed by atoms with E-state index in [0.717, 1.165) is 30.8 Å². The number of ether oxygens (including phenoxy) is 2. The number of thiophene rings is 1. The molecule has 0 unspecified atom stereocenters. The lowest BCUT2D eigenvalue weighted by Crippen LogP contribution is -2.65. The minimum Gasteiger partial charge on any atom is -0.425 e. The highest BCUT2D eigenvalue weighted by atomic mass is 35.5. The molecular formula is C27H26Cl2NO4S+. The van der Waals surface area contributed by atoms with Crippen LogP contribution < -0.4 is 0 Å². The van der Waals surface area contributed by atoms with Crippen LogP contribution in [0.5, 0.6) is 0 Å². The first-order chi connectivity index (χ1) is 16.9. The van der Waals surface area contributed by atoms with E-state index in [-0.39, 0.29) is 17.8 Å². The second kappa shape index (κ2) is 10.3. The first-order valence-corrected chi connectivity index (χ1v) is 13.4. The van der Waals surface area contributed by atoms with Crippen molar-refractivity contribution in [2.75, 3.05) is 26.2 Å². The predicted molar refractivity (Wildman–Crippen MR) is 137 cm³/mol. The Bertz CT molecular complexity index is 1160. The zero-order valence-electron chi connectivity index (χ0n) is 19.1. The van der Waals surface area contributed by atoms with Crippen LogP contribution in [0.1, 0.15) is 39.7 Å². The average molecular weight is 531 g/mol. The number of hydrogen-bond acceptors (Lipinski definition) is 5. The van der Waals surface area contributed by atoms with E-state index in [1.165, 1.54) is 11.3 Å². The summed E-state index contributed by atoms with van der Waals surface area (Å²) in [5, 5.41) is 2.88. The fourth-order valence-corrected chi connectivity index (χ4v) is 6.44. The summed E-state index contributed by atoms with van der Waals surface area (Å²) >= 11 is 14.4. The average Bonchev–Trinajstić information content (AvgIpc) is 3.40. The van der Waals surface area contributed by atoms with Crippen LogP contribution in [0.4, 0.5) is 4.79 Å². The molecule has 3 aliphatic heterocycles. The molecule has 0 radical (unpaired) electrons. The summed E-state index contributed by atoms with van der Waals surface area (Å²) in [4.78, 5) is 26.7. The van der Waals surface area contributed by atoms with E-state index in [2.05, 4.69) is 0 Å². The summed E-state index contributed by atoms with van der Waals surface area (Å²) in [6.45, 7) is 2.92. The molecule has 1 atom stereocenters. The second-order valence-corrected chi connectivity index (χ2v) is 11.1. The van der Waals surface area contributed by atoms with E-state index < -0.39 is 12.3 Å². The molecule has 8 heteroatoms. The van der Waals surface area contributed by atoms with Gasteiger partial charge >= 0.3 is 6.16 Å². The number of quaternary nitrogens is 1. The van der Waals surface area contributed by atoms with Gasteiger partial charge in [-0.3, -0.25) is 4.79 Å². The minimum atomic E-state index is -0.797. The molecule has 0 aliphatic carbocycles. The van der Waals surface area contributed by atoms with Gasteiger partial charge in [0.2, 0.25) is 5.78 Å². The highest BCUT2D eigenvalue weighted by Gasteiger charge is 2.49. The van der Waals surface area contributed by atoms with Gasteiger partial charge in [-0.05, 0) is 23.6 Å². The monoisotopic (exact) mass is 530 g/mol. The summed E-state index contributed by atoms with van der Waals surface area (Å²) in [6.07, 6.45) is 0.00698. The molecule has 3 aromatic rings. The largest absolute Gasteiger partial charge is 0.509 e. The van der Waals surface area contributed by atoms with Gasteiger partial charge in [0.15, 0.2) is 12.2 Å². The highest BCUT2D eigenvalue weighted by molar-refractivity contribution is 7.12. The Hall–Kier alpha value is -2.38. The molecule has 5 nitrogen and oxygen atoms in total. The van der Waals surface area contributed by atoms with Crippen LogP contribution in [0.25, 0.3) is 0 Å². The Balaban J connectivity index is 1.31. The van der Waals surface area contributed by atoms with Crippen molar-refractivity contribution in [3.63, 3.8) is 0 Å². The fraction of sp³-hybridized carbons (Fsp3) is 0.333. The van der Waals surface area contributed by atoms with Crippen molar-refractivity contribution < 1.29 is 23.5 Å². The van der Waals surface area contributed by atoms with E-state index >= 15 is 0 Å². The SMILES string of the molecule is O=C(OC(c1ccccc1Cl)c1ccccc1Cl)O[C@H]1C[N+]2(CC(=O)c3cccs3)CCC1CC2. The lowest BCUT2D eigenvalue weighted by atomic mass is 9.83. The molecule has 2 aromatic carbocycles. The second-order valence-electron chi connectivity index (χ2n) is 9.31. The van der Waals surface area contributed by atoms with Crippen molar-refractivity contribution in [1.29, 1.82) is 0 Å². The molecule has 4 heterocycles. The quantitative estimate of drug-likeness (QED) is 0.191. The van der Waals surface area contributed by atoms with E-state index in [0.29, 0.717) is 38.7 Å². The Kier molecular flexibility index (Phi) is 7.17. The topological polar surface area (TPSA) is 52.6 Å². The van der Waals surface area contributed by atoms with Crippen molar-refractivity contribution in [3.05, 3.63) is 92.1 Å². The van der Waals surface area contributed by atoms with Gasteiger partial charge in [-0.25, -0.2) is 4.79 Å². The number of halogens is 2. The third-order valence-electron chi connectivity index (χ3n) is 7.15.